The molecule has 0 spiro atoms. The third kappa shape index (κ3) is 2.45. The van der Waals surface area contributed by atoms with Crippen molar-refractivity contribution in [1.29, 1.82) is 0 Å². The van der Waals surface area contributed by atoms with Crippen molar-refractivity contribution in [3.8, 4) is 0 Å². The zero-order chi connectivity index (χ0) is 14.9. The molecule has 0 unspecified atom stereocenters. The van der Waals surface area contributed by atoms with Gasteiger partial charge in [0.15, 0.2) is 0 Å². The highest BCUT2D eigenvalue weighted by Gasteiger charge is 2.19. The largest absolute Gasteiger partial charge is 0.478 e. The van der Waals surface area contributed by atoms with Gasteiger partial charge in [-0.05, 0) is 30.4 Å². The van der Waals surface area contributed by atoms with Gasteiger partial charge in [-0.25, -0.2) is 4.79 Å². The van der Waals surface area contributed by atoms with Crippen LogP contribution in [0.25, 0.3) is 10.9 Å². The highest BCUT2D eigenvalue weighted by molar-refractivity contribution is 6.04. The van der Waals surface area contributed by atoms with Gasteiger partial charge in [-0.15, -0.1) is 0 Å². The van der Waals surface area contributed by atoms with Crippen molar-refractivity contribution in [1.82, 2.24) is 4.57 Å². The zero-order valence-corrected chi connectivity index (χ0v) is 12.7. The van der Waals surface area contributed by atoms with Gasteiger partial charge in [0.1, 0.15) is 0 Å². The smallest absolute Gasteiger partial charge is 0.338 e. The first-order chi connectivity index (χ1) is 9.47. The molecule has 0 aliphatic rings. The van der Waals surface area contributed by atoms with E-state index in [1.807, 2.05) is 13.0 Å². The minimum Gasteiger partial charge on any atom is -0.478 e. The van der Waals surface area contributed by atoms with Crippen molar-refractivity contribution in [3.05, 3.63) is 35.0 Å². The second kappa shape index (κ2) is 5.70. The molecule has 1 N–H and O–H groups in total. The van der Waals surface area contributed by atoms with Crippen LogP contribution in [0.15, 0.2) is 18.3 Å². The molecule has 3 heteroatoms. The average molecular weight is 273 g/mol. The number of hydrogen-bond donors (Lipinski definition) is 1. The normalized spacial score (nSPS) is 11.4. The van der Waals surface area contributed by atoms with E-state index in [9.17, 15) is 9.90 Å². The van der Waals surface area contributed by atoms with Gasteiger partial charge in [-0.2, -0.15) is 0 Å². The number of fused-ring (bicyclic) bond motifs is 1. The number of rotatable bonds is 5. The summed E-state index contributed by atoms with van der Waals surface area (Å²) in [6, 6.07) is 3.98. The van der Waals surface area contributed by atoms with Crippen molar-refractivity contribution >= 4 is 16.9 Å². The second-order valence-electron chi connectivity index (χ2n) is 5.74. The number of aromatic nitrogens is 1. The van der Waals surface area contributed by atoms with E-state index in [0.29, 0.717) is 11.5 Å². The van der Waals surface area contributed by atoms with E-state index in [1.54, 1.807) is 0 Å². The van der Waals surface area contributed by atoms with Gasteiger partial charge in [-0.1, -0.05) is 39.3 Å². The molecule has 3 nitrogen and oxygen atoms in total. The number of nitrogens with zero attached hydrogens (tertiary/aromatic N) is 1. The standard InChI is InChI=1S/C17H23NO2/c1-5-6-9-18-10-14(11(2)3)13-8-7-12(4)15(16(13)18)17(19)20/h7-8,10-11H,5-6,9H2,1-4H3,(H,19,20). The number of unbranched alkanes of at least 4 members (excludes halogenated alkanes) is 1. The molecule has 0 fully saturated rings. The Morgan fingerprint density at radius 1 is 1.35 bits per heavy atom. The van der Waals surface area contributed by atoms with Crippen LogP contribution in [0.3, 0.4) is 0 Å². The van der Waals surface area contributed by atoms with Crippen molar-refractivity contribution in [2.24, 2.45) is 0 Å². The fraction of sp³-hybridized carbons (Fsp3) is 0.471. The Morgan fingerprint density at radius 2 is 2.05 bits per heavy atom. The SMILES string of the molecule is CCCCn1cc(C(C)C)c2ccc(C)c(C(=O)O)c21. The van der Waals surface area contributed by atoms with E-state index >= 15 is 0 Å². The number of aromatic carboxylic acids is 1. The molecule has 1 aromatic carbocycles. The predicted molar refractivity (Wildman–Crippen MR) is 82.6 cm³/mol. The van der Waals surface area contributed by atoms with Gasteiger partial charge in [0.25, 0.3) is 0 Å². The molecule has 1 aromatic heterocycles. The van der Waals surface area contributed by atoms with Crippen LogP contribution in [-0.2, 0) is 6.54 Å². The minimum atomic E-state index is -0.834. The number of carboxylic acid groups (broad SMARTS) is 1. The number of carboxylic acids is 1. The Hall–Kier alpha value is -1.77. The summed E-state index contributed by atoms with van der Waals surface area (Å²) in [4.78, 5) is 11.6. The molecule has 0 atom stereocenters. The first-order valence-corrected chi connectivity index (χ1v) is 7.33. The van der Waals surface area contributed by atoms with Gasteiger partial charge in [0.05, 0.1) is 11.1 Å². The Morgan fingerprint density at radius 3 is 2.60 bits per heavy atom. The molecular formula is C17H23NO2. The molecule has 1 heterocycles. The van der Waals surface area contributed by atoms with E-state index in [-0.39, 0.29) is 0 Å². The van der Waals surface area contributed by atoms with Crippen molar-refractivity contribution in [3.63, 3.8) is 0 Å². The summed E-state index contributed by atoms with van der Waals surface area (Å²) in [5, 5.41) is 10.6. The van der Waals surface area contributed by atoms with E-state index in [2.05, 4.69) is 37.6 Å². The molecule has 0 saturated carbocycles. The quantitative estimate of drug-likeness (QED) is 0.867. The Bertz CT molecular complexity index is 638. The lowest BCUT2D eigenvalue weighted by molar-refractivity contribution is 0.0698. The molecule has 2 rings (SSSR count). The topological polar surface area (TPSA) is 42.2 Å². The van der Waals surface area contributed by atoms with Crippen molar-refractivity contribution in [2.45, 2.75) is 53.0 Å². The van der Waals surface area contributed by atoms with Crippen molar-refractivity contribution in [2.75, 3.05) is 0 Å². The molecule has 0 saturated heterocycles. The summed E-state index contributed by atoms with van der Waals surface area (Å²) in [6.45, 7) is 9.20. The Kier molecular flexibility index (Phi) is 4.17. The van der Waals surface area contributed by atoms with Crippen LogP contribution >= 0.6 is 0 Å². The van der Waals surface area contributed by atoms with Crippen LogP contribution in [0.4, 0.5) is 0 Å². The summed E-state index contributed by atoms with van der Waals surface area (Å²) in [5.74, 6) is -0.441. The summed E-state index contributed by atoms with van der Waals surface area (Å²) in [5.41, 5.74) is 3.40. The number of aryl methyl sites for hydroxylation is 2. The lowest BCUT2D eigenvalue weighted by Crippen LogP contribution is -2.05. The summed E-state index contributed by atoms with van der Waals surface area (Å²) in [7, 11) is 0. The second-order valence-corrected chi connectivity index (χ2v) is 5.74. The molecule has 0 amide bonds. The highest BCUT2D eigenvalue weighted by Crippen LogP contribution is 2.31. The molecule has 0 aliphatic carbocycles. The Balaban J connectivity index is 2.76. The van der Waals surface area contributed by atoms with Crippen molar-refractivity contribution < 1.29 is 9.90 Å². The maximum Gasteiger partial charge on any atom is 0.338 e. The number of hydrogen-bond acceptors (Lipinski definition) is 1. The fourth-order valence-electron chi connectivity index (χ4n) is 2.76. The maximum atomic E-state index is 11.6. The van der Waals surface area contributed by atoms with Gasteiger partial charge < -0.3 is 9.67 Å². The molecule has 108 valence electrons. The van der Waals surface area contributed by atoms with E-state index in [0.717, 1.165) is 35.9 Å². The Labute approximate surface area is 120 Å². The minimum absolute atomic E-state index is 0.393. The van der Waals surface area contributed by atoms with E-state index in [4.69, 9.17) is 0 Å². The summed E-state index contributed by atoms with van der Waals surface area (Å²) >= 11 is 0. The lowest BCUT2D eigenvalue weighted by Gasteiger charge is -2.09. The monoisotopic (exact) mass is 273 g/mol. The molecule has 0 aliphatic heterocycles. The summed E-state index contributed by atoms with van der Waals surface area (Å²) < 4.78 is 2.13. The lowest BCUT2D eigenvalue weighted by atomic mass is 9.99. The van der Waals surface area contributed by atoms with Gasteiger partial charge in [-0.3, -0.25) is 0 Å². The first-order valence-electron chi connectivity index (χ1n) is 7.33. The van der Waals surface area contributed by atoms with E-state index in [1.165, 1.54) is 5.56 Å². The maximum absolute atomic E-state index is 11.6. The predicted octanol–water partition coefficient (Wildman–Crippen LogP) is 4.57. The van der Waals surface area contributed by atoms with Crippen LogP contribution in [-0.4, -0.2) is 15.6 Å². The third-order valence-corrected chi connectivity index (χ3v) is 3.87. The molecule has 0 radical (unpaired) electrons. The van der Waals surface area contributed by atoms with Crippen LogP contribution in [0, 0.1) is 6.92 Å². The van der Waals surface area contributed by atoms with Gasteiger partial charge in [0.2, 0.25) is 0 Å². The van der Waals surface area contributed by atoms with Gasteiger partial charge >= 0.3 is 5.97 Å². The highest BCUT2D eigenvalue weighted by atomic mass is 16.4. The number of carbonyl (C=O) groups is 1. The summed E-state index contributed by atoms with van der Waals surface area (Å²) in [6.07, 6.45) is 4.30. The first kappa shape index (κ1) is 14.6. The van der Waals surface area contributed by atoms with Gasteiger partial charge in [0, 0.05) is 18.1 Å². The van der Waals surface area contributed by atoms with Crippen LogP contribution in [0.2, 0.25) is 0 Å². The number of benzene rings is 1. The third-order valence-electron chi connectivity index (χ3n) is 3.87. The van der Waals surface area contributed by atoms with Crippen LogP contribution in [0.5, 0.6) is 0 Å². The zero-order valence-electron chi connectivity index (χ0n) is 12.7. The van der Waals surface area contributed by atoms with E-state index < -0.39 is 5.97 Å². The average Bonchev–Trinajstić information content (AvgIpc) is 2.74. The molecular weight excluding hydrogens is 250 g/mol. The molecule has 20 heavy (non-hydrogen) atoms. The molecule has 0 bridgehead atoms. The van der Waals surface area contributed by atoms with Crippen LogP contribution in [0.1, 0.15) is 61.0 Å². The fourth-order valence-corrected chi connectivity index (χ4v) is 2.76. The van der Waals surface area contributed by atoms with Crippen LogP contribution < -0.4 is 0 Å². The molecule has 2 aromatic rings.